The summed E-state index contributed by atoms with van der Waals surface area (Å²) in [7, 11) is 0. The van der Waals surface area contributed by atoms with Gasteiger partial charge in [-0.15, -0.1) is 0 Å². The number of aryl methyl sites for hydroxylation is 1. The van der Waals surface area contributed by atoms with Crippen LogP contribution in [0.15, 0.2) is 28.8 Å². The number of nitrogens with one attached hydrogen (secondary N) is 1. The molecule has 0 spiro atoms. The second kappa shape index (κ2) is 5.42. The van der Waals surface area contributed by atoms with Crippen LogP contribution in [0.25, 0.3) is 0 Å². The molecule has 0 aliphatic carbocycles. The molecule has 0 aliphatic heterocycles. The van der Waals surface area contributed by atoms with Gasteiger partial charge in [0.05, 0.1) is 17.3 Å². The van der Waals surface area contributed by atoms with Crippen LogP contribution in [-0.4, -0.2) is 10.1 Å². The third-order valence-electron chi connectivity index (χ3n) is 2.68. The lowest BCUT2D eigenvalue weighted by Gasteiger charge is -2.11. The van der Waals surface area contributed by atoms with Crippen LogP contribution in [-0.2, 0) is 6.54 Å². The molecule has 1 heterocycles. The molecule has 2 N–H and O–H groups in total. The number of halogens is 1. The number of phenolic OH excluding ortho intramolecular Hbond substituents is 1. The molecule has 0 bridgehead atoms. The second-order valence-corrected chi connectivity index (χ2v) is 4.57. The van der Waals surface area contributed by atoms with Gasteiger partial charge in [-0.25, -0.2) is 4.98 Å². The van der Waals surface area contributed by atoms with Crippen molar-refractivity contribution < 1.29 is 9.52 Å². The zero-order valence-corrected chi connectivity index (χ0v) is 11.0. The Labute approximate surface area is 111 Å². The van der Waals surface area contributed by atoms with Gasteiger partial charge in [0.25, 0.3) is 0 Å². The second-order valence-electron chi connectivity index (χ2n) is 4.16. The summed E-state index contributed by atoms with van der Waals surface area (Å²) >= 11 is 5.84. The van der Waals surface area contributed by atoms with E-state index in [2.05, 4.69) is 10.3 Å². The lowest BCUT2D eigenvalue weighted by Crippen LogP contribution is -2.18. The first kappa shape index (κ1) is 12.9. The van der Waals surface area contributed by atoms with Gasteiger partial charge in [-0.2, -0.15) is 0 Å². The number of para-hydroxylation sites is 1. The van der Waals surface area contributed by atoms with E-state index in [-0.39, 0.29) is 11.8 Å². The highest BCUT2D eigenvalue weighted by Crippen LogP contribution is 2.27. The molecule has 1 unspecified atom stereocenters. The number of phenols is 1. The molecular weight excluding hydrogens is 252 g/mol. The first-order valence-corrected chi connectivity index (χ1v) is 6.08. The molecule has 18 heavy (non-hydrogen) atoms. The molecule has 96 valence electrons. The maximum atomic E-state index is 9.77. The maximum Gasteiger partial charge on any atom is 0.211 e. The summed E-state index contributed by atoms with van der Waals surface area (Å²) in [6, 6.07) is 5.25. The van der Waals surface area contributed by atoms with E-state index in [4.69, 9.17) is 16.0 Å². The maximum absolute atomic E-state index is 9.77. The van der Waals surface area contributed by atoms with Crippen molar-refractivity contribution in [2.45, 2.75) is 26.4 Å². The fraction of sp³-hybridized carbons (Fsp3) is 0.308. The van der Waals surface area contributed by atoms with Crippen LogP contribution < -0.4 is 5.32 Å². The van der Waals surface area contributed by atoms with Crippen molar-refractivity contribution in [1.29, 1.82) is 0 Å². The topological polar surface area (TPSA) is 58.3 Å². The lowest BCUT2D eigenvalue weighted by atomic mass is 10.2. The van der Waals surface area contributed by atoms with E-state index < -0.39 is 0 Å². The Hall–Kier alpha value is -1.52. The van der Waals surface area contributed by atoms with Crippen molar-refractivity contribution in [3.05, 3.63) is 46.6 Å². The van der Waals surface area contributed by atoms with Gasteiger partial charge in [-0.1, -0.05) is 23.7 Å². The lowest BCUT2D eigenvalue weighted by molar-refractivity contribution is 0.398. The average molecular weight is 267 g/mol. The minimum Gasteiger partial charge on any atom is -0.506 e. The summed E-state index contributed by atoms with van der Waals surface area (Å²) in [6.45, 7) is 4.30. The zero-order valence-electron chi connectivity index (χ0n) is 10.3. The Morgan fingerprint density at radius 3 is 2.94 bits per heavy atom. The van der Waals surface area contributed by atoms with Crippen molar-refractivity contribution in [2.24, 2.45) is 0 Å². The molecular formula is C13H15ClN2O2. The Balaban J connectivity index is 2.01. The third-order valence-corrected chi connectivity index (χ3v) is 2.98. The molecule has 1 atom stereocenters. The summed E-state index contributed by atoms with van der Waals surface area (Å²) < 4.78 is 5.43. The fourth-order valence-electron chi connectivity index (χ4n) is 1.63. The molecule has 0 saturated heterocycles. The van der Waals surface area contributed by atoms with Gasteiger partial charge in [0.15, 0.2) is 0 Å². The van der Waals surface area contributed by atoms with Crippen LogP contribution in [0.3, 0.4) is 0 Å². The Morgan fingerprint density at radius 1 is 1.50 bits per heavy atom. The number of hydrogen-bond acceptors (Lipinski definition) is 4. The van der Waals surface area contributed by atoms with Gasteiger partial charge in [0, 0.05) is 12.1 Å². The molecule has 2 aromatic rings. The van der Waals surface area contributed by atoms with Crippen molar-refractivity contribution >= 4 is 11.6 Å². The predicted molar refractivity (Wildman–Crippen MR) is 69.6 cm³/mol. The number of oxazole rings is 1. The van der Waals surface area contributed by atoms with E-state index >= 15 is 0 Å². The summed E-state index contributed by atoms with van der Waals surface area (Å²) in [4.78, 5) is 4.15. The molecule has 0 amide bonds. The van der Waals surface area contributed by atoms with Gasteiger partial charge < -0.3 is 14.8 Å². The molecule has 0 aliphatic rings. The van der Waals surface area contributed by atoms with E-state index in [0.29, 0.717) is 17.5 Å². The Bertz CT molecular complexity index is 540. The van der Waals surface area contributed by atoms with Crippen LogP contribution >= 0.6 is 11.6 Å². The fourth-order valence-corrected chi connectivity index (χ4v) is 1.82. The number of aromatic nitrogens is 1. The van der Waals surface area contributed by atoms with Gasteiger partial charge >= 0.3 is 0 Å². The highest BCUT2D eigenvalue weighted by molar-refractivity contribution is 6.32. The SMILES string of the molecule is Cc1cnc(C(C)NCc2cccc(Cl)c2O)o1. The number of rotatable bonds is 4. The van der Waals surface area contributed by atoms with Crippen LogP contribution in [0.1, 0.15) is 30.2 Å². The quantitative estimate of drug-likeness (QED) is 0.892. The van der Waals surface area contributed by atoms with Crippen LogP contribution in [0.2, 0.25) is 5.02 Å². The van der Waals surface area contributed by atoms with E-state index in [9.17, 15) is 5.11 Å². The standard InChI is InChI=1S/C13H15ClN2O2/c1-8-6-16-13(18-8)9(2)15-7-10-4-3-5-11(14)12(10)17/h3-6,9,15,17H,7H2,1-2H3. The van der Waals surface area contributed by atoms with Gasteiger partial charge in [0.1, 0.15) is 11.5 Å². The highest BCUT2D eigenvalue weighted by atomic mass is 35.5. The number of nitrogens with zero attached hydrogens (tertiary/aromatic N) is 1. The van der Waals surface area contributed by atoms with E-state index in [0.717, 1.165) is 11.3 Å². The molecule has 2 rings (SSSR count). The van der Waals surface area contributed by atoms with Crippen LogP contribution in [0.5, 0.6) is 5.75 Å². The Morgan fingerprint density at radius 2 is 2.28 bits per heavy atom. The number of hydrogen-bond donors (Lipinski definition) is 2. The van der Waals surface area contributed by atoms with Crippen LogP contribution in [0.4, 0.5) is 0 Å². The monoisotopic (exact) mass is 266 g/mol. The highest BCUT2D eigenvalue weighted by Gasteiger charge is 2.12. The largest absolute Gasteiger partial charge is 0.506 e. The van der Waals surface area contributed by atoms with Crippen molar-refractivity contribution in [1.82, 2.24) is 10.3 Å². The minimum absolute atomic E-state index is 0.0305. The van der Waals surface area contributed by atoms with E-state index in [1.165, 1.54) is 0 Å². The molecule has 4 nitrogen and oxygen atoms in total. The first-order valence-electron chi connectivity index (χ1n) is 5.70. The molecule has 0 saturated carbocycles. The third kappa shape index (κ3) is 2.83. The van der Waals surface area contributed by atoms with Crippen molar-refractivity contribution in [3.8, 4) is 5.75 Å². The summed E-state index contributed by atoms with van der Waals surface area (Å²) in [5, 5.41) is 13.4. The van der Waals surface area contributed by atoms with Gasteiger partial charge in [-0.05, 0) is 19.9 Å². The predicted octanol–water partition coefficient (Wildman–Crippen LogP) is 3.19. The molecule has 0 fully saturated rings. The first-order chi connectivity index (χ1) is 8.58. The molecule has 1 aromatic carbocycles. The van der Waals surface area contributed by atoms with Gasteiger partial charge in [0.2, 0.25) is 5.89 Å². The van der Waals surface area contributed by atoms with Crippen molar-refractivity contribution in [2.75, 3.05) is 0 Å². The zero-order chi connectivity index (χ0) is 13.1. The summed E-state index contributed by atoms with van der Waals surface area (Å²) in [6.07, 6.45) is 1.68. The summed E-state index contributed by atoms with van der Waals surface area (Å²) in [5.74, 6) is 1.53. The van der Waals surface area contributed by atoms with Crippen LogP contribution in [0, 0.1) is 6.92 Å². The minimum atomic E-state index is -0.0305. The molecule has 5 heteroatoms. The summed E-state index contributed by atoms with van der Waals surface area (Å²) in [5.41, 5.74) is 0.748. The smallest absolute Gasteiger partial charge is 0.211 e. The van der Waals surface area contributed by atoms with Gasteiger partial charge in [-0.3, -0.25) is 0 Å². The van der Waals surface area contributed by atoms with E-state index in [1.807, 2.05) is 19.9 Å². The number of benzene rings is 1. The average Bonchev–Trinajstić information content (AvgIpc) is 2.77. The molecule has 0 radical (unpaired) electrons. The molecule has 1 aromatic heterocycles. The normalized spacial score (nSPS) is 12.6. The van der Waals surface area contributed by atoms with E-state index in [1.54, 1.807) is 18.3 Å². The van der Waals surface area contributed by atoms with Crippen molar-refractivity contribution in [3.63, 3.8) is 0 Å². The Kier molecular flexibility index (Phi) is 3.89. The number of aromatic hydroxyl groups is 1.